The Morgan fingerprint density at radius 3 is 2.94 bits per heavy atom. The van der Waals surface area contributed by atoms with Gasteiger partial charge in [-0.3, -0.25) is 9.20 Å². The summed E-state index contributed by atoms with van der Waals surface area (Å²) in [5.74, 6) is 2.02. The second-order valence-corrected chi connectivity index (χ2v) is 10.3. The van der Waals surface area contributed by atoms with Crippen molar-refractivity contribution in [3.05, 3.63) is 35.0 Å². The molecule has 0 radical (unpaired) electrons. The molecule has 0 aliphatic heterocycles. The number of anilines is 1. The molecule has 1 aliphatic carbocycles. The van der Waals surface area contributed by atoms with Crippen LogP contribution < -0.4 is 14.8 Å². The fraction of sp³-hybridized carbons (Fsp3) is 0.417. The lowest BCUT2D eigenvalue weighted by atomic mass is 9.89. The quantitative estimate of drug-likeness (QED) is 0.343. The standard InChI is InChI=1S/C24H27N5O3S2/c1-4-31-15-7-9-18(32-5-2)17(11-15)26-20(30)12-33-24-28-27-22-21-16-8-6-14(3)10-19(16)34-23(21)25-13-29(22)24/h7,9,11,13-14H,4-6,8,10,12H2,1-3H3,(H,26,30). The second kappa shape index (κ2) is 9.79. The number of carbonyl (C=O) groups is 1. The molecule has 0 bridgehead atoms. The van der Waals surface area contributed by atoms with Crippen LogP contribution in [0.3, 0.4) is 0 Å². The lowest BCUT2D eigenvalue weighted by Crippen LogP contribution is -2.15. The molecule has 1 unspecified atom stereocenters. The Bertz CT molecular complexity index is 1350. The van der Waals surface area contributed by atoms with E-state index in [2.05, 4.69) is 27.4 Å². The molecule has 0 saturated carbocycles. The van der Waals surface area contributed by atoms with Crippen LogP contribution in [0.1, 0.15) is 37.6 Å². The van der Waals surface area contributed by atoms with Crippen LogP contribution >= 0.6 is 23.1 Å². The van der Waals surface area contributed by atoms with Gasteiger partial charge in [0.2, 0.25) is 5.91 Å². The van der Waals surface area contributed by atoms with Crippen LogP contribution in [0.25, 0.3) is 15.9 Å². The van der Waals surface area contributed by atoms with Crippen molar-refractivity contribution in [2.24, 2.45) is 5.92 Å². The Kier molecular flexibility index (Phi) is 6.60. The van der Waals surface area contributed by atoms with Gasteiger partial charge in [-0.1, -0.05) is 18.7 Å². The molecule has 3 heterocycles. The van der Waals surface area contributed by atoms with Gasteiger partial charge in [0.15, 0.2) is 10.8 Å². The van der Waals surface area contributed by atoms with Crippen molar-refractivity contribution in [3.8, 4) is 11.5 Å². The lowest BCUT2D eigenvalue weighted by molar-refractivity contribution is -0.113. The minimum atomic E-state index is -0.160. The third kappa shape index (κ3) is 4.44. The first-order valence-corrected chi connectivity index (χ1v) is 13.3. The predicted octanol–water partition coefficient (Wildman–Crippen LogP) is 4.99. The van der Waals surface area contributed by atoms with E-state index in [1.807, 2.05) is 30.4 Å². The summed E-state index contributed by atoms with van der Waals surface area (Å²) in [6.45, 7) is 7.18. The number of carbonyl (C=O) groups excluding carboxylic acids is 1. The SMILES string of the molecule is CCOc1ccc(OCC)c(NC(=O)CSc2nnc3c4c5c(sc4ncn23)CC(C)CC5)c1. The van der Waals surface area contributed by atoms with Gasteiger partial charge in [0.25, 0.3) is 0 Å². The van der Waals surface area contributed by atoms with Gasteiger partial charge >= 0.3 is 0 Å². The average molecular weight is 498 g/mol. The molecule has 4 aromatic rings. The molecule has 178 valence electrons. The number of thiophene rings is 1. The zero-order valence-corrected chi connectivity index (χ0v) is 21.1. The highest BCUT2D eigenvalue weighted by molar-refractivity contribution is 7.99. The Balaban J connectivity index is 1.34. The maximum Gasteiger partial charge on any atom is 0.234 e. The van der Waals surface area contributed by atoms with Gasteiger partial charge in [0, 0.05) is 10.9 Å². The summed E-state index contributed by atoms with van der Waals surface area (Å²) < 4.78 is 13.1. The highest BCUT2D eigenvalue weighted by Gasteiger charge is 2.24. The minimum absolute atomic E-state index is 0.160. The number of ether oxygens (including phenoxy) is 2. The predicted molar refractivity (Wildman–Crippen MR) is 135 cm³/mol. The van der Waals surface area contributed by atoms with E-state index in [0.29, 0.717) is 41.5 Å². The molecule has 5 rings (SSSR count). The van der Waals surface area contributed by atoms with Gasteiger partial charge in [-0.15, -0.1) is 21.5 Å². The van der Waals surface area contributed by atoms with Crippen molar-refractivity contribution >= 4 is 50.6 Å². The van der Waals surface area contributed by atoms with Gasteiger partial charge in [-0.25, -0.2) is 4.98 Å². The first-order chi connectivity index (χ1) is 16.6. The Hall–Kier alpha value is -2.85. The largest absolute Gasteiger partial charge is 0.494 e. The zero-order chi connectivity index (χ0) is 23.7. The van der Waals surface area contributed by atoms with E-state index in [0.717, 1.165) is 28.7 Å². The Morgan fingerprint density at radius 1 is 1.26 bits per heavy atom. The van der Waals surface area contributed by atoms with Crippen LogP contribution in [0, 0.1) is 5.92 Å². The molecule has 3 aromatic heterocycles. The summed E-state index contributed by atoms with van der Waals surface area (Å²) in [6.07, 6.45) is 5.11. The van der Waals surface area contributed by atoms with Crippen LogP contribution in [0.5, 0.6) is 11.5 Å². The molecule has 1 atom stereocenters. The summed E-state index contributed by atoms with van der Waals surface area (Å²) in [6, 6.07) is 5.42. The topological polar surface area (TPSA) is 90.6 Å². The summed E-state index contributed by atoms with van der Waals surface area (Å²) in [4.78, 5) is 19.9. The first-order valence-electron chi connectivity index (χ1n) is 11.5. The van der Waals surface area contributed by atoms with Crippen molar-refractivity contribution in [1.29, 1.82) is 0 Å². The van der Waals surface area contributed by atoms with Crippen molar-refractivity contribution in [2.75, 3.05) is 24.3 Å². The molecule has 1 aromatic carbocycles. The second-order valence-electron chi connectivity index (χ2n) is 8.31. The van der Waals surface area contributed by atoms with Crippen LogP contribution in [-0.2, 0) is 17.6 Å². The number of thioether (sulfide) groups is 1. The number of amides is 1. The van der Waals surface area contributed by atoms with Gasteiger partial charge < -0.3 is 14.8 Å². The summed E-state index contributed by atoms with van der Waals surface area (Å²) >= 11 is 3.11. The van der Waals surface area contributed by atoms with Crippen molar-refractivity contribution in [2.45, 2.75) is 45.2 Å². The number of benzene rings is 1. The Labute approximate surface area is 206 Å². The lowest BCUT2D eigenvalue weighted by Gasteiger charge is -2.17. The molecule has 1 aliphatic rings. The normalized spacial score (nSPS) is 15.4. The van der Waals surface area contributed by atoms with Gasteiger partial charge in [0.1, 0.15) is 22.7 Å². The van der Waals surface area contributed by atoms with E-state index < -0.39 is 0 Å². The van der Waals surface area contributed by atoms with Crippen molar-refractivity contribution < 1.29 is 14.3 Å². The highest BCUT2D eigenvalue weighted by Crippen LogP contribution is 2.39. The maximum atomic E-state index is 12.8. The van der Waals surface area contributed by atoms with Gasteiger partial charge in [-0.2, -0.15) is 0 Å². The fourth-order valence-corrected chi connectivity index (χ4v) is 6.33. The molecule has 0 saturated heterocycles. The summed E-state index contributed by atoms with van der Waals surface area (Å²) in [5, 5.41) is 13.5. The van der Waals surface area contributed by atoms with Gasteiger partial charge in [0.05, 0.1) is 30.0 Å². The molecular formula is C24H27N5O3S2. The number of hydrogen-bond acceptors (Lipinski definition) is 8. The third-order valence-electron chi connectivity index (χ3n) is 5.84. The molecule has 8 nitrogen and oxygen atoms in total. The molecule has 1 amide bonds. The van der Waals surface area contributed by atoms with Crippen LogP contribution in [-0.4, -0.2) is 44.5 Å². The average Bonchev–Trinajstić information content (AvgIpc) is 3.40. The van der Waals surface area contributed by atoms with E-state index in [1.54, 1.807) is 23.7 Å². The van der Waals surface area contributed by atoms with Gasteiger partial charge in [-0.05, 0) is 56.7 Å². The van der Waals surface area contributed by atoms with Crippen molar-refractivity contribution in [3.63, 3.8) is 0 Å². The van der Waals surface area contributed by atoms with E-state index in [1.165, 1.54) is 28.6 Å². The number of aryl methyl sites for hydroxylation is 1. The number of nitrogens with one attached hydrogen (secondary N) is 1. The fourth-order valence-electron chi connectivity index (χ4n) is 4.28. The number of fused-ring (bicyclic) bond motifs is 5. The molecule has 0 fully saturated rings. The van der Waals surface area contributed by atoms with Crippen LogP contribution in [0.15, 0.2) is 29.7 Å². The summed E-state index contributed by atoms with van der Waals surface area (Å²) in [7, 11) is 0. The van der Waals surface area contributed by atoms with E-state index in [-0.39, 0.29) is 11.7 Å². The molecular weight excluding hydrogens is 470 g/mol. The number of aromatic nitrogens is 4. The number of hydrogen-bond donors (Lipinski definition) is 1. The molecule has 34 heavy (non-hydrogen) atoms. The monoisotopic (exact) mass is 497 g/mol. The number of nitrogens with zero attached hydrogens (tertiary/aromatic N) is 4. The first kappa shape index (κ1) is 22.9. The molecule has 10 heteroatoms. The van der Waals surface area contributed by atoms with Crippen LogP contribution in [0.4, 0.5) is 5.69 Å². The zero-order valence-electron chi connectivity index (χ0n) is 19.5. The smallest absolute Gasteiger partial charge is 0.234 e. The molecule has 0 spiro atoms. The maximum absolute atomic E-state index is 12.8. The summed E-state index contributed by atoms with van der Waals surface area (Å²) in [5.41, 5.74) is 2.78. The van der Waals surface area contributed by atoms with E-state index in [9.17, 15) is 4.79 Å². The van der Waals surface area contributed by atoms with Crippen LogP contribution in [0.2, 0.25) is 0 Å². The van der Waals surface area contributed by atoms with E-state index in [4.69, 9.17) is 9.47 Å². The Morgan fingerprint density at radius 2 is 2.12 bits per heavy atom. The van der Waals surface area contributed by atoms with Crippen molar-refractivity contribution in [1.82, 2.24) is 19.6 Å². The van der Waals surface area contributed by atoms with E-state index >= 15 is 0 Å². The highest BCUT2D eigenvalue weighted by atomic mass is 32.2. The third-order valence-corrected chi connectivity index (χ3v) is 7.95. The number of rotatable bonds is 8. The minimum Gasteiger partial charge on any atom is -0.494 e. The molecule has 1 N–H and O–H groups in total.